The summed E-state index contributed by atoms with van der Waals surface area (Å²) in [7, 11) is 0. The van der Waals surface area contributed by atoms with Crippen molar-refractivity contribution in [3.63, 3.8) is 0 Å². The highest BCUT2D eigenvalue weighted by Crippen LogP contribution is 2.37. The zero-order valence-electron chi connectivity index (χ0n) is 11.0. The van der Waals surface area contributed by atoms with Crippen molar-refractivity contribution >= 4 is 0 Å². The van der Waals surface area contributed by atoms with Crippen LogP contribution >= 0.6 is 0 Å². The average molecular weight is 236 g/mol. The molecule has 1 unspecified atom stereocenters. The lowest BCUT2D eigenvalue weighted by atomic mass is 9.78. The van der Waals surface area contributed by atoms with E-state index in [2.05, 4.69) is 18.9 Å². The molecule has 1 fully saturated rings. The predicted molar refractivity (Wildman–Crippen MR) is 68.6 cm³/mol. The molecular formula is C14H24N2O. The lowest BCUT2D eigenvalue weighted by Gasteiger charge is -2.31. The van der Waals surface area contributed by atoms with Gasteiger partial charge in [-0.2, -0.15) is 5.10 Å². The van der Waals surface area contributed by atoms with Crippen molar-refractivity contribution in [3.05, 3.63) is 18.0 Å². The van der Waals surface area contributed by atoms with Gasteiger partial charge in [-0.3, -0.25) is 4.68 Å². The molecule has 1 aromatic rings. The number of nitrogens with zero attached hydrogens (tertiary/aromatic N) is 2. The van der Waals surface area contributed by atoms with E-state index in [1.807, 2.05) is 10.7 Å². The van der Waals surface area contributed by atoms with Crippen LogP contribution in [0.2, 0.25) is 0 Å². The monoisotopic (exact) mass is 236 g/mol. The Morgan fingerprint density at radius 1 is 1.35 bits per heavy atom. The van der Waals surface area contributed by atoms with E-state index in [0.717, 1.165) is 31.0 Å². The molecule has 0 radical (unpaired) electrons. The van der Waals surface area contributed by atoms with Crippen LogP contribution in [0.4, 0.5) is 0 Å². The third-order valence-electron chi connectivity index (χ3n) is 4.27. The third kappa shape index (κ3) is 2.71. The molecule has 1 N–H and O–H groups in total. The van der Waals surface area contributed by atoms with Gasteiger partial charge in [0.25, 0.3) is 0 Å². The smallest absolute Gasteiger partial charge is 0.0984 e. The van der Waals surface area contributed by atoms with Gasteiger partial charge in [-0.05, 0) is 37.7 Å². The highest BCUT2D eigenvalue weighted by Gasteiger charge is 2.28. The van der Waals surface area contributed by atoms with E-state index in [4.69, 9.17) is 0 Å². The Bertz CT molecular complexity index is 340. The molecule has 0 saturated heterocycles. The Balaban J connectivity index is 1.99. The molecule has 0 bridgehead atoms. The molecule has 96 valence electrons. The number of hydrogen-bond acceptors (Lipinski definition) is 2. The van der Waals surface area contributed by atoms with Crippen LogP contribution in [0.1, 0.15) is 57.7 Å². The largest absolute Gasteiger partial charge is 0.387 e. The van der Waals surface area contributed by atoms with Gasteiger partial charge in [0.15, 0.2) is 0 Å². The zero-order chi connectivity index (χ0) is 12.3. The summed E-state index contributed by atoms with van der Waals surface area (Å²) in [6.45, 7) is 5.18. The van der Waals surface area contributed by atoms with Crippen LogP contribution in [-0.2, 0) is 6.54 Å². The van der Waals surface area contributed by atoms with Crippen molar-refractivity contribution in [2.75, 3.05) is 0 Å². The number of aryl methyl sites for hydroxylation is 1. The normalized spacial score (nSPS) is 27.0. The van der Waals surface area contributed by atoms with Crippen LogP contribution < -0.4 is 0 Å². The first-order valence-electron chi connectivity index (χ1n) is 6.96. The molecule has 1 aliphatic carbocycles. The van der Waals surface area contributed by atoms with Crippen LogP contribution in [0.5, 0.6) is 0 Å². The van der Waals surface area contributed by atoms with Gasteiger partial charge in [-0.15, -0.1) is 0 Å². The summed E-state index contributed by atoms with van der Waals surface area (Å²) in [6.07, 6.45) is 7.63. The lowest BCUT2D eigenvalue weighted by molar-refractivity contribution is 0.0658. The summed E-state index contributed by atoms with van der Waals surface area (Å²) in [5.41, 5.74) is 0.993. The second-order valence-electron chi connectivity index (χ2n) is 5.21. The summed E-state index contributed by atoms with van der Waals surface area (Å²) >= 11 is 0. The van der Waals surface area contributed by atoms with Crippen LogP contribution in [0.15, 0.2) is 12.3 Å². The Hall–Kier alpha value is -0.830. The molecule has 0 spiro atoms. The van der Waals surface area contributed by atoms with Crippen molar-refractivity contribution in [2.24, 2.45) is 11.8 Å². The fourth-order valence-corrected chi connectivity index (χ4v) is 3.01. The molecule has 2 rings (SSSR count). The van der Waals surface area contributed by atoms with Gasteiger partial charge in [0, 0.05) is 12.7 Å². The van der Waals surface area contributed by atoms with Crippen molar-refractivity contribution in [1.82, 2.24) is 9.78 Å². The number of hydrogen-bond donors (Lipinski definition) is 1. The van der Waals surface area contributed by atoms with Crippen molar-refractivity contribution in [1.29, 1.82) is 0 Å². The maximum Gasteiger partial charge on any atom is 0.0984 e. The highest BCUT2D eigenvalue weighted by atomic mass is 16.3. The van der Waals surface area contributed by atoms with E-state index in [9.17, 15) is 5.11 Å². The number of rotatable bonds is 4. The van der Waals surface area contributed by atoms with Crippen LogP contribution in [0, 0.1) is 11.8 Å². The van der Waals surface area contributed by atoms with Crippen molar-refractivity contribution in [2.45, 2.75) is 58.6 Å². The minimum atomic E-state index is -0.324. The summed E-state index contributed by atoms with van der Waals surface area (Å²) in [4.78, 5) is 0. The molecule has 3 nitrogen and oxygen atoms in total. The minimum absolute atomic E-state index is 0.324. The first kappa shape index (κ1) is 12.6. The van der Waals surface area contributed by atoms with E-state index >= 15 is 0 Å². The van der Waals surface area contributed by atoms with Gasteiger partial charge in [0.1, 0.15) is 0 Å². The molecule has 3 heteroatoms. The molecule has 0 aromatic carbocycles. The maximum atomic E-state index is 10.4. The molecule has 0 aliphatic heterocycles. The summed E-state index contributed by atoms with van der Waals surface area (Å²) in [5, 5.41) is 14.7. The first-order valence-corrected chi connectivity index (χ1v) is 6.96. The molecule has 0 amide bonds. The molecule has 17 heavy (non-hydrogen) atoms. The van der Waals surface area contributed by atoms with Crippen molar-refractivity contribution in [3.8, 4) is 0 Å². The summed E-state index contributed by atoms with van der Waals surface area (Å²) < 4.78 is 1.91. The molecule has 1 heterocycles. The van der Waals surface area contributed by atoms with E-state index < -0.39 is 0 Å². The fourth-order valence-electron chi connectivity index (χ4n) is 3.01. The lowest BCUT2D eigenvalue weighted by Crippen LogP contribution is -2.22. The molecule has 1 atom stereocenters. The summed E-state index contributed by atoms with van der Waals surface area (Å²) in [5.74, 6) is 1.31. The molecular weight excluding hydrogens is 212 g/mol. The van der Waals surface area contributed by atoms with Crippen LogP contribution in [0.3, 0.4) is 0 Å². The fraction of sp³-hybridized carbons (Fsp3) is 0.786. The Kier molecular flexibility index (Phi) is 4.21. The minimum Gasteiger partial charge on any atom is -0.387 e. The topological polar surface area (TPSA) is 38.1 Å². The quantitative estimate of drug-likeness (QED) is 0.872. The van der Waals surface area contributed by atoms with Crippen molar-refractivity contribution < 1.29 is 5.11 Å². The van der Waals surface area contributed by atoms with Gasteiger partial charge in [0.2, 0.25) is 0 Å². The van der Waals surface area contributed by atoms with Crippen LogP contribution in [-0.4, -0.2) is 14.9 Å². The van der Waals surface area contributed by atoms with Gasteiger partial charge < -0.3 is 5.11 Å². The number of aromatic nitrogens is 2. The Labute approximate surface area is 104 Å². The van der Waals surface area contributed by atoms with Crippen LogP contribution in [0.25, 0.3) is 0 Å². The van der Waals surface area contributed by atoms with Gasteiger partial charge in [-0.1, -0.05) is 26.2 Å². The second-order valence-corrected chi connectivity index (χ2v) is 5.21. The third-order valence-corrected chi connectivity index (χ3v) is 4.27. The predicted octanol–water partition coefficient (Wildman–Crippen LogP) is 3.15. The second kappa shape index (κ2) is 5.67. The van der Waals surface area contributed by atoms with E-state index in [1.165, 1.54) is 19.3 Å². The van der Waals surface area contributed by atoms with Gasteiger partial charge in [0.05, 0.1) is 11.8 Å². The van der Waals surface area contributed by atoms with E-state index in [-0.39, 0.29) is 6.10 Å². The standard InChI is InChI=1S/C14H24N2O/c1-3-11-5-7-12(8-6-11)14(17)13-9-10-15-16(13)4-2/h9-12,14,17H,3-8H2,1-2H3. The van der Waals surface area contributed by atoms with E-state index in [0.29, 0.717) is 5.92 Å². The highest BCUT2D eigenvalue weighted by molar-refractivity contribution is 5.06. The average Bonchev–Trinajstić information content (AvgIpc) is 2.86. The number of aliphatic hydroxyl groups is 1. The molecule has 1 saturated carbocycles. The van der Waals surface area contributed by atoms with E-state index in [1.54, 1.807) is 6.20 Å². The maximum absolute atomic E-state index is 10.4. The number of aliphatic hydroxyl groups excluding tert-OH is 1. The van der Waals surface area contributed by atoms with Gasteiger partial charge in [-0.25, -0.2) is 0 Å². The zero-order valence-corrected chi connectivity index (χ0v) is 11.0. The molecule has 1 aliphatic rings. The summed E-state index contributed by atoms with van der Waals surface area (Å²) in [6, 6.07) is 1.96. The Morgan fingerprint density at radius 2 is 2.06 bits per heavy atom. The SMILES string of the molecule is CCC1CCC(C(O)c2ccnn2CC)CC1. The van der Waals surface area contributed by atoms with Gasteiger partial charge >= 0.3 is 0 Å². The first-order chi connectivity index (χ1) is 8.26. The Morgan fingerprint density at radius 3 is 2.65 bits per heavy atom. The molecule has 1 aromatic heterocycles.